The number of rotatable bonds is 7. The first-order valence-electron chi connectivity index (χ1n) is 10.8. The maximum Gasteiger partial charge on any atom is 0.343 e. The molecule has 2 N–H and O–H groups in total. The van der Waals surface area contributed by atoms with Gasteiger partial charge in [-0.25, -0.2) is 10.2 Å². The van der Waals surface area contributed by atoms with Gasteiger partial charge in [-0.2, -0.15) is 5.10 Å². The second-order valence-electron chi connectivity index (χ2n) is 7.61. The van der Waals surface area contributed by atoms with Crippen molar-refractivity contribution < 1.29 is 23.5 Å². The standard InChI is InChI=1S/C27H20BrN3O5/c1-17-8-10-18(11-9-17)27(34)36-23-13-12-20(28)15-19(23)16-29-31-25(32)21-5-2-3-6-22(21)30-26(33)24-7-4-14-35-24/h2-16H,1H3,(H,30,33)(H,31,32)/b29-16-. The van der Waals surface area contributed by atoms with Crippen LogP contribution in [0, 0.1) is 6.92 Å². The van der Waals surface area contributed by atoms with E-state index in [1.165, 1.54) is 18.5 Å². The van der Waals surface area contributed by atoms with Crippen LogP contribution in [0.3, 0.4) is 0 Å². The highest BCUT2D eigenvalue weighted by atomic mass is 79.9. The highest BCUT2D eigenvalue weighted by molar-refractivity contribution is 9.10. The van der Waals surface area contributed by atoms with Gasteiger partial charge < -0.3 is 14.5 Å². The van der Waals surface area contributed by atoms with Crippen LogP contribution in [-0.2, 0) is 0 Å². The summed E-state index contributed by atoms with van der Waals surface area (Å²) in [5.74, 6) is -1.16. The number of anilines is 1. The van der Waals surface area contributed by atoms with Crippen LogP contribution in [0.25, 0.3) is 0 Å². The predicted molar refractivity (Wildman–Crippen MR) is 138 cm³/mol. The molecule has 0 spiro atoms. The fraction of sp³-hybridized carbons (Fsp3) is 0.0370. The Morgan fingerprint density at radius 3 is 2.47 bits per heavy atom. The first-order chi connectivity index (χ1) is 17.4. The van der Waals surface area contributed by atoms with E-state index in [0.29, 0.717) is 16.8 Å². The second kappa shape index (κ2) is 11.3. The predicted octanol–water partition coefficient (Wildman–Crippen LogP) is 5.59. The smallest absolute Gasteiger partial charge is 0.343 e. The molecule has 4 aromatic rings. The van der Waals surface area contributed by atoms with Crippen LogP contribution in [0.2, 0.25) is 0 Å². The van der Waals surface area contributed by atoms with Crippen LogP contribution in [0.1, 0.15) is 42.4 Å². The summed E-state index contributed by atoms with van der Waals surface area (Å²) in [5.41, 5.74) is 4.83. The zero-order valence-corrected chi connectivity index (χ0v) is 20.6. The maximum atomic E-state index is 12.8. The fourth-order valence-electron chi connectivity index (χ4n) is 3.16. The van der Waals surface area contributed by atoms with Gasteiger partial charge in [-0.3, -0.25) is 9.59 Å². The lowest BCUT2D eigenvalue weighted by molar-refractivity contribution is 0.0733. The number of esters is 1. The van der Waals surface area contributed by atoms with E-state index in [9.17, 15) is 14.4 Å². The molecule has 0 aliphatic rings. The number of benzene rings is 3. The van der Waals surface area contributed by atoms with Crippen LogP contribution in [0.15, 0.2) is 99.1 Å². The Morgan fingerprint density at radius 2 is 1.72 bits per heavy atom. The Bertz CT molecular complexity index is 1430. The molecule has 0 atom stereocenters. The van der Waals surface area contributed by atoms with E-state index in [2.05, 4.69) is 31.8 Å². The van der Waals surface area contributed by atoms with Gasteiger partial charge in [-0.15, -0.1) is 0 Å². The summed E-state index contributed by atoms with van der Waals surface area (Å²) in [5, 5.41) is 6.66. The number of carbonyl (C=O) groups excluding carboxylic acids is 3. The first-order valence-corrected chi connectivity index (χ1v) is 11.6. The van der Waals surface area contributed by atoms with Crippen molar-refractivity contribution >= 4 is 45.6 Å². The SMILES string of the molecule is Cc1ccc(C(=O)Oc2ccc(Br)cc2/C=N\NC(=O)c2ccccc2NC(=O)c2ccco2)cc1. The summed E-state index contributed by atoms with van der Waals surface area (Å²) in [6, 6.07) is 21.7. The third-order valence-corrected chi connectivity index (χ3v) is 5.49. The number of para-hydroxylation sites is 1. The normalized spacial score (nSPS) is 10.7. The Morgan fingerprint density at radius 1 is 0.944 bits per heavy atom. The van der Waals surface area contributed by atoms with Crippen molar-refractivity contribution in [2.45, 2.75) is 6.92 Å². The van der Waals surface area contributed by atoms with Gasteiger partial charge in [0.25, 0.3) is 11.8 Å². The van der Waals surface area contributed by atoms with Crippen LogP contribution < -0.4 is 15.5 Å². The van der Waals surface area contributed by atoms with Gasteiger partial charge in [0.2, 0.25) is 0 Å². The summed E-state index contributed by atoms with van der Waals surface area (Å²) < 4.78 is 11.4. The molecule has 2 amide bonds. The quantitative estimate of drug-likeness (QED) is 0.136. The highest BCUT2D eigenvalue weighted by Crippen LogP contribution is 2.23. The van der Waals surface area contributed by atoms with Gasteiger partial charge in [0.05, 0.1) is 29.3 Å². The zero-order valence-electron chi connectivity index (χ0n) is 19.0. The number of furan rings is 1. The molecule has 4 rings (SSSR count). The molecule has 0 aliphatic heterocycles. The number of nitrogens with zero attached hydrogens (tertiary/aromatic N) is 1. The molecule has 3 aromatic carbocycles. The summed E-state index contributed by atoms with van der Waals surface area (Å²) in [4.78, 5) is 37.6. The maximum absolute atomic E-state index is 12.8. The molecule has 0 fully saturated rings. The van der Waals surface area contributed by atoms with Crippen LogP contribution in [0.4, 0.5) is 5.69 Å². The van der Waals surface area contributed by atoms with Crippen molar-refractivity contribution in [3.8, 4) is 5.75 Å². The third kappa shape index (κ3) is 6.13. The molecule has 8 nitrogen and oxygen atoms in total. The Labute approximate surface area is 215 Å². The van der Waals surface area contributed by atoms with Crippen LogP contribution in [0.5, 0.6) is 5.75 Å². The van der Waals surface area contributed by atoms with Crippen molar-refractivity contribution in [3.63, 3.8) is 0 Å². The van der Waals surface area contributed by atoms with Gasteiger partial charge >= 0.3 is 5.97 Å². The molecule has 1 heterocycles. The number of hydrogen-bond acceptors (Lipinski definition) is 6. The summed E-state index contributed by atoms with van der Waals surface area (Å²) >= 11 is 3.38. The van der Waals surface area contributed by atoms with E-state index in [4.69, 9.17) is 9.15 Å². The molecule has 0 saturated heterocycles. The minimum Gasteiger partial charge on any atom is -0.459 e. The van der Waals surface area contributed by atoms with Crippen molar-refractivity contribution in [3.05, 3.63) is 118 Å². The molecule has 9 heteroatoms. The number of carbonyl (C=O) groups is 3. The largest absolute Gasteiger partial charge is 0.459 e. The Kier molecular flexibility index (Phi) is 7.72. The van der Waals surface area contributed by atoms with Crippen LogP contribution >= 0.6 is 15.9 Å². The van der Waals surface area contributed by atoms with E-state index < -0.39 is 17.8 Å². The topological polar surface area (TPSA) is 110 Å². The van der Waals surface area contributed by atoms with Crippen molar-refractivity contribution in [2.24, 2.45) is 5.10 Å². The number of aryl methyl sites for hydroxylation is 1. The average molecular weight is 546 g/mol. The molecule has 0 unspecified atom stereocenters. The number of halogens is 1. The molecule has 0 aliphatic carbocycles. The van der Waals surface area contributed by atoms with E-state index in [1.54, 1.807) is 60.7 Å². The van der Waals surface area contributed by atoms with E-state index in [0.717, 1.165) is 10.0 Å². The molecular formula is C27H20BrN3O5. The van der Waals surface area contributed by atoms with Crippen LogP contribution in [-0.4, -0.2) is 24.0 Å². The summed E-state index contributed by atoms with van der Waals surface area (Å²) in [7, 11) is 0. The summed E-state index contributed by atoms with van der Waals surface area (Å²) in [6.45, 7) is 1.93. The minimum absolute atomic E-state index is 0.116. The number of hydrazone groups is 1. The Hall–Kier alpha value is -4.50. The van der Waals surface area contributed by atoms with Gasteiger partial charge in [-0.05, 0) is 61.5 Å². The fourth-order valence-corrected chi connectivity index (χ4v) is 3.54. The molecule has 36 heavy (non-hydrogen) atoms. The molecule has 0 radical (unpaired) electrons. The molecule has 0 saturated carbocycles. The molecule has 180 valence electrons. The lowest BCUT2D eigenvalue weighted by Gasteiger charge is -2.10. The van der Waals surface area contributed by atoms with Gasteiger partial charge in [0.15, 0.2) is 5.76 Å². The lowest BCUT2D eigenvalue weighted by Crippen LogP contribution is -2.21. The van der Waals surface area contributed by atoms with Gasteiger partial charge in [0.1, 0.15) is 5.75 Å². The monoisotopic (exact) mass is 545 g/mol. The number of nitrogens with one attached hydrogen (secondary N) is 2. The van der Waals surface area contributed by atoms with E-state index in [1.807, 2.05) is 19.1 Å². The van der Waals surface area contributed by atoms with E-state index in [-0.39, 0.29) is 17.1 Å². The number of hydrogen-bond donors (Lipinski definition) is 2. The number of ether oxygens (including phenoxy) is 1. The lowest BCUT2D eigenvalue weighted by atomic mass is 10.1. The molecular weight excluding hydrogens is 526 g/mol. The number of amides is 2. The Balaban J connectivity index is 1.47. The minimum atomic E-state index is -0.546. The van der Waals surface area contributed by atoms with Crippen molar-refractivity contribution in [1.29, 1.82) is 0 Å². The second-order valence-corrected chi connectivity index (χ2v) is 8.53. The molecule has 0 bridgehead atoms. The zero-order chi connectivity index (χ0) is 25.5. The van der Waals surface area contributed by atoms with Crippen molar-refractivity contribution in [1.82, 2.24) is 5.43 Å². The van der Waals surface area contributed by atoms with Gasteiger partial charge in [0, 0.05) is 10.0 Å². The third-order valence-electron chi connectivity index (χ3n) is 5.00. The summed E-state index contributed by atoms with van der Waals surface area (Å²) in [6.07, 6.45) is 2.75. The average Bonchev–Trinajstić information content (AvgIpc) is 3.41. The molecule has 1 aromatic heterocycles. The van der Waals surface area contributed by atoms with Crippen molar-refractivity contribution in [2.75, 3.05) is 5.32 Å². The van der Waals surface area contributed by atoms with E-state index >= 15 is 0 Å². The highest BCUT2D eigenvalue weighted by Gasteiger charge is 2.16. The first kappa shape index (κ1) is 24.6. The van der Waals surface area contributed by atoms with Gasteiger partial charge in [-0.1, -0.05) is 45.8 Å².